The summed E-state index contributed by atoms with van der Waals surface area (Å²) in [5.74, 6) is -1.66. The monoisotopic (exact) mass is 431 g/mol. The molecule has 2 rings (SSSR count). The van der Waals surface area contributed by atoms with Crippen LogP contribution in [0.4, 0.5) is 5.69 Å². The van der Waals surface area contributed by atoms with Gasteiger partial charge < -0.3 is 10.6 Å². The third-order valence-corrected chi connectivity index (χ3v) is 5.78. The van der Waals surface area contributed by atoms with E-state index in [-0.39, 0.29) is 16.7 Å². The molecule has 0 bridgehead atoms. The Balaban J connectivity index is 2.12. The molecule has 0 aromatic heterocycles. The number of carbonyl (C=O) groups is 3. The van der Waals surface area contributed by atoms with Crippen molar-refractivity contribution in [1.29, 1.82) is 0 Å². The second-order valence-corrected chi connectivity index (χ2v) is 8.87. The number of nitrogens with one attached hydrogen (secondary N) is 3. The highest BCUT2D eigenvalue weighted by atomic mass is 32.2. The van der Waals surface area contributed by atoms with E-state index in [0.717, 1.165) is 12.5 Å². The van der Waals surface area contributed by atoms with Gasteiger partial charge in [-0.2, -0.15) is 0 Å². The van der Waals surface area contributed by atoms with Crippen LogP contribution in [0.15, 0.2) is 53.4 Å². The third kappa shape index (κ3) is 5.90. The largest absolute Gasteiger partial charge is 0.340 e. The Bertz CT molecular complexity index is 1050. The first-order valence-corrected chi connectivity index (χ1v) is 10.8. The van der Waals surface area contributed by atoms with Gasteiger partial charge in [0, 0.05) is 18.2 Å². The van der Waals surface area contributed by atoms with E-state index in [0.29, 0.717) is 11.3 Å². The SMILES string of the molecule is CC(=O)NS(=O)(=O)c1ccc(NC(=O)[C@@H](NC(=O)c2ccccc2C)C(C)C)cc1. The fourth-order valence-corrected chi connectivity index (χ4v) is 3.76. The van der Waals surface area contributed by atoms with Crippen molar-refractivity contribution in [2.45, 2.75) is 38.6 Å². The van der Waals surface area contributed by atoms with Gasteiger partial charge in [-0.05, 0) is 48.7 Å². The number of amides is 3. The average Bonchev–Trinajstić information content (AvgIpc) is 2.65. The predicted octanol–water partition coefficient (Wildman–Crippen LogP) is 2.21. The van der Waals surface area contributed by atoms with Crippen molar-refractivity contribution in [3.05, 3.63) is 59.7 Å². The van der Waals surface area contributed by atoms with E-state index in [9.17, 15) is 22.8 Å². The van der Waals surface area contributed by atoms with E-state index in [4.69, 9.17) is 0 Å². The number of benzene rings is 2. The first kappa shape index (κ1) is 23.1. The van der Waals surface area contributed by atoms with Gasteiger partial charge in [-0.15, -0.1) is 0 Å². The van der Waals surface area contributed by atoms with Gasteiger partial charge >= 0.3 is 0 Å². The number of rotatable bonds is 7. The van der Waals surface area contributed by atoms with Crippen LogP contribution in [0.2, 0.25) is 0 Å². The van der Waals surface area contributed by atoms with Gasteiger partial charge in [-0.3, -0.25) is 14.4 Å². The molecule has 0 heterocycles. The number of carbonyl (C=O) groups excluding carboxylic acids is 3. The van der Waals surface area contributed by atoms with Gasteiger partial charge in [0.25, 0.3) is 15.9 Å². The maximum Gasteiger partial charge on any atom is 0.264 e. The topological polar surface area (TPSA) is 121 Å². The van der Waals surface area contributed by atoms with Crippen LogP contribution in [0.5, 0.6) is 0 Å². The summed E-state index contributed by atoms with van der Waals surface area (Å²) in [5.41, 5.74) is 1.65. The highest BCUT2D eigenvalue weighted by Crippen LogP contribution is 2.16. The van der Waals surface area contributed by atoms with Gasteiger partial charge in [-0.1, -0.05) is 32.0 Å². The highest BCUT2D eigenvalue weighted by Gasteiger charge is 2.25. The Kier molecular flexibility index (Phi) is 7.33. The van der Waals surface area contributed by atoms with Crippen LogP contribution in [0, 0.1) is 12.8 Å². The number of hydrogen-bond donors (Lipinski definition) is 3. The van der Waals surface area contributed by atoms with Crippen molar-refractivity contribution in [3.8, 4) is 0 Å². The highest BCUT2D eigenvalue weighted by molar-refractivity contribution is 7.90. The van der Waals surface area contributed by atoms with E-state index < -0.39 is 27.9 Å². The zero-order chi connectivity index (χ0) is 22.5. The van der Waals surface area contributed by atoms with E-state index >= 15 is 0 Å². The molecule has 0 spiro atoms. The molecular formula is C21H25N3O5S. The molecule has 2 aromatic carbocycles. The molecule has 0 fully saturated rings. The van der Waals surface area contributed by atoms with Crippen LogP contribution in [-0.4, -0.2) is 32.2 Å². The molecule has 0 unspecified atom stereocenters. The summed E-state index contributed by atoms with van der Waals surface area (Å²) < 4.78 is 25.8. The minimum absolute atomic E-state index is 0.107. The molecule has 0 aliphatic rings. The van der Waals surface area contributed by atoms with Gasteiger partial charge in [0.15, 0.2) is 0 Å². The van der Waals surface area contributed by atoms with Gasteiger partial charge in [-0.25, -0.2) is 13.1 Å². The van der Waals surface area contributed by atoms with Crippen LogP contribution in [0.1, 0.15) is 36.7 Å². The van der Waals surface area contributed by atoms with Crippen LogP contribution in [0.25, 0.3) is 0 Å². The van der Waals surface area contributed by atoms with Crippen molar-refractivity contribution >= 4 is 33.4 Å². The molecule has 30 heavy (non-hydrogen) atoms. The lowest BCUT2D eigenvalue weighted by molar-refractivity contribution is -0.119. The fourth-order valence-electron chi connectivity index (χ4n) is 2.77. The summed E-state index contributed by atoms with van der Waals surface area (Å²) in [6.45, 7) is 6.54. The maximum atomic E-state index is 12.7. The van der Waals surface area contributed by atoms with E-state index in [1.807, 2.05) is 37.6 Å². The van der Waals surface area contributed by atoms with Gasteiger partial charge in [0.2, 0.25) is 11.8 Å². The number of anilines is 1. The minimum atomic E-state index is -3.95. The molecular weight excluding hydrogens is 406 g/mol. The maximum absolute atomic E-state index is 12.7. The average molecular weight is 432 g/mol. The molecule has 0 aliphatic heterocycles. The first-order chi connectivity index (χ1) is 14.0. The smallest absolute Gasteiger partial charge is 0.264 e. The third-order valence-electron chi connectivity index (χ3n) is 4.34. The molecule has 160 valence electrons. The summed E-state index contributed by atoms with van der Waals surface area (Å²) in [7, 11) is -3.95. The lowest BCUT2D eigenvalue weighted by Crippen LogP contribution is -2.47. The van der Waals surface area contributed by atoms with Crippen molar-refractivity contribution in [2.24, 2.45) is 5.92 Å². The van der Waals surface area contributed by atoms with Crippen molar-refractivity contribution in [3.63, 3.8) is 0 Å². The van der Waals surface area contributed by atoms with E-state index in [1.165, 1.54) is 24.3 Å². The Morgan fingerprint density at radius 1 is 0.933 bits per heavy atom. The number of sulfonamides is 1. The second kappa shape index (κ2) is 9.53. The Morgan fingerprint density at radius 3 is 2.07 bits per heavy atom. The normalized spacial score (nSPS) is 12.2. The van der Waals surface area contributed by atoms with Crippen LogP contribution < -0.4 is 15.4 Å². The summed E-state index contributed by atoms with van der Waals surface area (Å²) in [6.07, 6.45) is 0. The Labute approximate surface area is 176 Å². The molecule has 1 atom stereocenters. The summed E-state index contributed by atoms with van der Waals surface area (Å²) >= 11 is 0. The molecule has 0 aliphatic carbocycles. The summed E-state index contributed by atoms with van der Waals surface area (Å²) in [5, 5.41) is 5.43. The zero-order valence-corrected chi connectivity index (χ0v) is 18.0. The van der Waals surface area contributed by atoms with Gasteiger partial charge in [0.05, 0.1) is 4.90 Å². The van der Waals surface area contributed by atoms with Gasteiger partial charge in [0.1, 0.15) is 6.04 Å². The quantitative estimate of drug-likeness (QED) is 0.621. The van der Waals surface area contributed by atoms with E-state index in [2.05, 4.69) is 10.6 Å². The Hall–Kier alpha value is -3.20. The molecule has 9 heteroatoms. The Morgan fingerprint density at radius 2 is 1.53 bits per heavy atom. The number of aryl methyl sites for hydroxylation is 1. The van der Waals surface area contributed by atoms with E-state index in [1.54, 1.807) is 12.1 Å². The van der Waals surface area contributed by atoms with Crippen molar-refractivity contribution in [1.82, 2.24) is 10.0 Å². The molecule has 0 radical (unpaired) electrons. The molecule has 3 amide bonds. The molecule has 0 saturated heterocycles. The second-order valence-electron chi connectivity index (χ2n) is 7.19. The molecule has 8 nitrogen and oxygen atoms in total. The fraction of sp³-hybridized carbons (Fsp3) is 0.286. The summed E-state index contributed by atoms with van der Waals surface area (Å²) in [6, 6.07) is 11.7. The lowest BCUT2D eigenvalue weighted by atomic mass is 10.0. The zero-order valence-electron chi connectivity index (χ0n) is 17.2. The lowest BCUT2D eigenvalue weighted by Gasteiger charge is -2.22. The number of hydrogen-bond acceptors (Lipinski definition) is 5. The standard InChI is InChI=1S/C21H25N3O5S/c1-13(2)19(23-20(26)18-8-6-5-7-14(18)3)21(27)22-16-9-11-17(12-10-16)30(28,29)24-15(4)25/h5-13,19H,1-4H3,(H,22,27)(H,23,26)(H,24,25)/t19-/m0/s1. The molecule has 2 aromatic rings. The molecule has 0 saturated carbocycles. The first-order valence-electron chi connectivity index (χ1n) is 9.32. The van der Waals surface area contributed by atoms with Crippen molar-refractivity contribution < 1.29 is 22.8 Å². The minimum Gasteiger partial charge on any atom is -0.340 e. The predicted molar refractivity (Wildman–Crippen MR) is 113 cm³/mol. The van der Waals surface area contributed by atoms with Crippen LogP contribution in [-0.2, 0) is 19.6 Å². The van der Waals surface area contributed by atoms with Crippen molar-refractivity contribution in [2.75, 3.05) is 5.32 Å². The van der Waals surface area contributed by atoms with Crippen LogP contribution >= 0.6 is 0 Å². The van der Waals surface area contributed by atoms with Crippen LogP contribution in [0.3, 0.4) is 0 Å². The molecule has 3 N–H and O–H groups in total. The summed E-state index contributed by atoms with van der Waals surface area (Å²) in [4.78, 5) is 36.2.